The van der Waals surface area contributed by atoms with E-state index in [1.165, 1.54) is 16.0 Å². The fraction of sp³-hybridized carbons (Fsp3) is 0.154. The van der Waals surface area contributed by atoms with Crippen LogP contribution >= 0.6 is 39.3 Å². The monoisotopic (exact) mass is 327 g/mol. The number of hydrogen-bond acceptors (Lipinski definition) is 2. The van der Waals surface area contributed by atoms with Gasteiger partial charge in [0.15, 0.2) is 0 Å². The van der Waals surface area contributed by atoms with Gasteiger partial charge in [0, 0.05) is 11.1 Å². The van der Waals surface area contributed by atoms with Crippen LogP contribution < -0.4 is 0 Å². The average molecular weight is 329 g/mol. The average Bonchev–Trinajstić information content (AvgIpc) is 2.25. The zero-order valence-electron chi connectivity index (χ0n) is 9.50. The van der Waals surface area contributed by atoms with Crippen LogP contribution in [0.2, 0.25) is 5.02 Å². The molecule has 0 bridgehead atoms. The van der Waals surface area contributed by atoms with Gasteiger partial charge in [-0.3, -0.25) is 0 Å². The van der Waals surface area contributed by atoms with Gasteiger partial charge in [0.25, 0.3) is 0 Å². The number of benzene rings is 1. The number of aromatic nitrogens is 1. The van der Waals surface area contributed by atoms with E-state index in [9.17, 15) is 0 Å². The number of pyridine rings is 1. The van der Waals surface area contributed by atoms with Crippen molar-refractivity contribution in [2.45, 2.75) is 23.8 Å². The maximum atomic E-state index is 5.87. The summed E-state index contributed by atoms with van der Waals surface area (Å²) < 4.78 is 0.926. The van der Waals surface area contributed by atoms with Crippen molar-refractivity contribution in [3.63, 3.8) is 0 Å². The van der Waals surface area contributed by atoms with Crippen LogP contribution in [0.5, 0.6) is 0 Å². The Balaban J connectivity index is 2.31. The molecule has 0 N–H and O–H groups in total. The zero-order valence-corrected chi connectivity index (χ0v) is 12.7. The molecule has 0 radical (unpaired) electrons. The van der Waals surface area contributed by atoms with Crippen LogP contribution in [0.3, 0.4) is 0 Å². The van der Waals surface area contributed by atoms with E-state index in [4.69, 9.17) is 11.6 Å². The Morgan fingerprint density at radius 3 is 2.65 bits per heavy atom. The second kappa shape index (κ2) is 5.42. The number of halogens is 2. The first kappa shape index (κ1) is 12.9. The highest BCUT2D eigenvalue weighted by Gasteiger charge is 2.07. The molecule has 4 heteroatoms. The third-order valence-corrected chi connectivity index (χ3v) is 4.58. The molecular formula is C13H11BrClNS. The lowest BCUT2D eigenvalue weighted by molar-refractivity contribution is 1.10. The maximum absolute atomic E-state index is 5.87. The van der Waals surface area contributed by atoms with Crippen LogP contribution in [0, 0.1) is 13.8 Å². The van der Waals surface area contributed by atoms with E-state index in [1.54, 1.807) is 18.0 Å². The van der Waals surface area contributed by atoms with E-state index < -0.39 is 0 Å². The molecule has 1 heterocycles. The number of hydrogen-bond donors (Lipinski definition) is 0. The summed E-state index contributed by atoms with van der Waals surface area (Å²) in [6.07, 6.45) is 1.66. The molecule has 0 saturated carbocycles. The van der Waals surface area contributed by atoms with Gasteiger partial charge in [0.2, 0.25) is 0 Å². The summed E-state index contributed by atoms with van der Waals surface area (Å²) in [5.74, 6) is 0. The van der Waals surface area contributed by atoms with Gasteiger partial charge < -0.3 is 0 Å². The summed E-state index contributed by atoms with van der Waals surface area (Å²) in [4.78, 5) is 5.53. The highest BCUT2D eigenvalue weighted by Crippen LogP contribution is 2.34. The Labute approximate surface area is 119 Å². The van der Waals surface area contributed by atoms with Gasteiger partial charge in [-0.25, -0.2) is 4.98 Å². The molecule has 0 aliphatic rings. The molecule has 0 unspecified atom stereocenters. The lowest BCUT2D eigenvalue weighted by atomic mass is 10.2. The van der Waals surface area contributed by atoms with Crippen LogP contribution in [0.15, 0.2) is 44.9 Å². The highest BCUT2D eigenvalue weighted by atomic mass is 79.9. The Hall–Kier alpha value is -0.510. The Bertz CT molecular complexity index is 508. The summed E-state index contributed by atoms with van der Waals surface area (Å²) in [5, 5.41) is 1.57. The van der Waals surface area contributed by atoms with Crippen molar-refractivity contribution in [2.75, 3.05) is 0 Å². The lowest BCUT2D eigenvalue weighted by Crippen LogP contribution is -1.85. The standard InChI is InChI=1S/C13H11BrClNS/c1-8-3-4-12(9(2)5-8)17-13-11(14)6-10(15)7-16-13/h3-7H,1-2H3. The van der Waals surface area contributed by atoms with Crippen LogP contribution in [0.1, 0.15) is 11.1 Å². The van der Waals surface area contributed by atoms with Crippen molar-refractivity contribution in [2.24, 2.45) is 0 Å². The van der Waals surface area contributed by atoms with Crippen molar-refractivity contribution >= 4 is 39.3 Å². The van der Waals surface area contributed by atoms with E-state index in [1.807, 2.05) is 6.07 Å². The van der Waals surface area contributed by atoms with Crippen molar-refractivity contribution < 1.29 is 0 Å². The minimum absolute atomic E-state index is 0.641. The smallest absolute Gasteiger partial charge is 0.115 e. The van der Waals surface area contributed by atoms with E-state index in [2.05, 4.69) is 53.0 Å². The van der Waals surface area contributed by atoms with Gasteiger partial charge in [-0.1, -0.05) is 41.1 Å². The van der Waals surface area contributed by atoms with Crippen LogP contribution in [0.25, 0.3) is 0 Å². The molecular weight excluding hydrogens is 318 g/mol. The SMILES string of the molecule is Cc1ccc(Sc2ncc(Cl)cc2Br)c(C)c1. The number of nitrogens with zero attached hydrogens (tertiary/aromatic N) is 1. The topological polar surface area (TPSA) is 12.9 Å². The first-order valence-electron chi connectivity index (χ1n) is 5.12. The number of rotatable bonds is 2. The molecule has 0 fully saturated rings. The molecule has 1 aromatic heterocycles. The van der Waals surface area contributed by atoms with Crippen LogP contribution in [-0.2, 0) is 0 Å². The van der Waals surface area contributed by atoms with Gasteiger partial charge in [-0.15, -0.1) is 0 Å². The molecule has 0 amide bonds. The van der Waals surface area contributed by atoms with Crippen molar-refractivity contribution in [3.05, 3.63) is 51.1 Å². The van der Waals surface area contributed by atoms with Crippen molar-refractivity contribution in [1.82, 2.24) is 4.98 Å². The molecule has 2 aromatic rings. The fourth-order valence-electron chi connectivity index (χ4n) is 1.50. The van der Waals surface area contributed by atoms with Crippen molar-refractivity contribution in [3.8, 4) is 0 Å². The lowest BCUT2D eigenvalue weighted by Gasteiger charge is -2.07. The van der Waals surface area contributed by atoms with Crippen molar-refractivity contribution in [1.29, 1.82) is 0 Å². The quantitative estimate of drug-likeness (QED) is 0.745. The predicted molar refractivity (Wildman–Crippen MR) is 77.0 cm³/mol. The van der Waals surface area contributed by atoms with Crippen LogP contribution in [0.4, 0.5) is 0 Å². The van der Waals surface area contributed by atoms with Gasteiger partial charge in [0.1, 0.15) is 5.03 Å². The first-order valence-corrected chi connectivity index (χ1v) is 7.11. The first-order chi connectivity index (χ1) is 8.06. The molecule has 0 spiro atoms. The third kappa shape index (κ3) is 3.24. The van der Waals surface area contributed by atoms with Gasteiger partial charge >= 0.3 is 0 Å². The Morgan fingerprint density at radius 1 is 1.24 bits per heavy atom. The minimum Gasteiger partial charge on any atom is -0.247 e. The van der Waals surface area contributed by atoms with E-state index in [-0.39, 0.29) is 0 Å². The third-order valence-electron chi connectivity index (χ3n) is 2.31. The largest absolute Gasteiger partial charge is 0.247 e. The van der Waals surface area contributed by atoms with E-state index >= 15 is 0 Å². The molecule has 0 saturated heterocycles. The summed E-state index contributed by atoms with van der Waals surface area (Å²) in [6, 6.07) is 8.27. The number of aryl methyl sites for hydroxylation is 2. The summed E-state index contributed by atoms with van der Waals surface area (Å²) in [7, 11) is 0. The molecule has 1 nitrogen and oxygen atoms in total. The molecule has 88 valence electrons. The van der Waals surface area contributed by atoms with Crippen LogP contribution in [-0.4, -0.2) is 4.98 Å². The minimum atomic E-state index is 0.641. The fourth-order valence-corrected chi connectivity index (χ4v) is 3.20. The van der Waals surface area contributed by atoms with Gasteiger partial charge in [-0.2, -0.15) is 0 Å². The summed E-state index contributed by atoms with van der Waals surface area (Å²) in [5.41, 5.74) is 2.54. The molecule has 0 aliphatic carbocycles. The normalized spacial score (nSPS) is 10.6. The molecule has 2 rings (SSSR count). The zero-order chi connectivity index (χ0) is 12.4. The second-order valence-electron chi connectivity index (χ2n) is 3.81. The molecule has 1 aromatic carbocycles. The maximum Gasteiger partial charge on any atom is 0.115 e. The Kier molecular flexibility index (Phi) is 4.13. The Morgan fingerprint density at radius 2 is 2.00 bits per heavy atom. The van der Waals surface area contributed by atoms with E-state index in [0.29, 0.717) is 5.02 Å². The molecule has 0 atom stereocenters. The highest BCUT2D eigenvalue weighted by molar-refractivity contribution is 9.10. The summed E-state index contributed by atoms with van der Waals surface area (Å²) >= 11 is 11.0. The van der Waals surface area contributed by atoms with Gasteiger partial charge in [0.05, 0.1) is 9.50 Å². The van der Waals surface area contributed by atoms with Gasteiger partial charge in [-0.05, 0) is 47.5 Å². The van der Waals surface area contributed by atoms with E-state index in [0.717, 1.165) is 9.50 Å². The summed E-state index contributed by atoms with van der Waals surface area (Å²) in [6.45, 7) is 4.21. The molecule has 17 heavy (non-hydrogen) atoms. The molecule has 0 aliphatic heterocycles. The predicted octanol–water partition coefficient (Wildman–Crippen LogP) is 5.27. The second-order valence-corrected chi connectivity index (χ2v) is 6.13.